The van der Waals surface area contributed by atoms with Crippen LogP contribution < -0.4 is 15.2 Å². The number of hydrogen-bond acceptors (Lipinski definition) is 5. The highest BCUT2D eigenvalue weighted by Crippen LogP contribution is 2.33. The Labute approximate surface area is 118 Å². The van der Waals surface area contributed by atoms with E-state index >= 15 is 0 Å². The summed E-state index contributed by atoms with van der Waals surface area (Å²) in [4.78, 5) is 11.5. The van der Waals surface area contributed by atoms with Gasteiger partial charge in [0.2, 0.25) is 0 Å². The molecule has 0 saturated carbocycles. The van der Waals surface area contributed by atoms with Crippen LogP contribution in [-0.2, 0) is 9.47 Å². The Kier molecular flexibility index (Phi) is 6.27. The maximum atomic E-state index is 11.5. The van der Waals surface area contributed by atoms with Crippen LogP contribution in [0.5, 0.6) is 11.5 Å². The minimum absolute atomic E-state index is 0.0189. The van der Waals surface area contributed by atoms with E-state index < -0.39 is 5.91 Å². The smallest absolute Gasteiger partial charge is 0.252 e. The second-order valence-electron chi connectivity index (χ2n) is 4.51. The number of nitrogens with two attached hydrogens (primary N) is 1. The van der Waals surface area contributed by atoms with Crippen LogP contribution in [0.25, 0.3) is 0 Å². The number of carbonyl (C=O) groups excluding carboxylic acids is 1. The maximum absolute atomic E-state index is 11.5. The van der Waals surface area contributed by atoms with Crippen molar-refractivity contribution in [2.45, 2.75) is 19.8 Å². The fourth-order valence-corrected chi connectivity index (χ4v) is 1.71. The van der Waals surface area contributed by atoms with Crippen LogP contribution in [-0.4, -0.2) is 33.7 Å². The van der Waals surface area contributed by atoms with Gasteiger partial charge in [0.25, 0.3) is 5.91 Å². The van der Waals surface area contributed by atoms with Gasteiger partial charge in [-0.3, -0.25) is 4.79 Å². The molecule has 1 aromatic rings. The Morgan fingerprint density at radius 3 is 2.10 bits per heavy atom. The molecule has 6 nitrogen and oxygen atoms in total. The lowest BCUT2D eigenvalue weighted by atomic mass is 9.98. The second kappa shape index (κ2) is 7.72. The van der Waals surface area contributed by atoms with Crippen LogP contribution in [0.15, 0.2) is 12.1 Å². The van der Waals surface area contributed by atoms with Crippen molar-refractivity contribution in [3.63, 3.8) is 0 Å². The summed E-state index contributed by atoms with van der Waals surface area (Å²) < 4.78 is 20.6. The first-order chi connectivity index (χ1) is 9.51. The molecular formula is C14H21NO5. The Bertz CT molecular complexity index is 459. The van der Waals surface area contributed by atoms with Crippen LogP contribution in [0.4, 0.5) is 0 Å². The highest BCUT2D eigenvalue weighted by atomic mass is 16.7. The van der Waals surface area contributed by atoms with Gasteiger partial charge in [-0.25, -0.2) is 0 Å². The van der Waals surface area contributed by atoms with Gasteiger partial charge in [0.15, 0.2) is 13.6 Å². The molecule has 20 heavy (non-hydrogen) atoms. The van der Waals surface area contributed by atoms with Crippen molar-refractivity contribution in [2.24, 2.45) is 5.73 Å². The highest BCUT2D eigenvalue weighted by molar-refractivity contribution is 5.96. The lowest BCUT2D eigenvalue weighted by Gasteiger charge is -2.17. The molecule has 0 saturated heterocycles. The van der Waals surface area contributed by atoms with Gasteiger partial charge in [-0.2, -0.15) is 0 Å². The standard InChI is InChI=1S/C14H21NO5/c1-9(2)10-5-11(14(15)16)13(20-8-18-4)6-12(10)19-7-17-3/h5-6,9H,7-8H2,1-4H3,(H2,15,16). The number of rotatable bonds is 8. The molecule has 0 aliphatic heterocycles. The van der Waals surface area contributed by atoms with Crippen molar-refractivity contribution in [3.8, 4) is 11.5 Å². The Balaban J connectivity index is 3.23. The normalized spacial score (nSPS) is 10.7. The van der Waals surface area contributed by atoms with Crippen LogP contribution in [0.3, 0.4) is 0 Å². The summed E-state index contributed by atoms with van der Waals surface area (Å²) in [6.45, 7) is 4.12. The molecule has 0 heterocycles. The first kappa shape index (κ1) is 16.3. The minimum Gasteiger partial charge on any atom is -0.467 e. The van der Waals surface area contributed by atoms with Gasteiger partial charge in [-0.15, -0.1) is 0 Å². The Hall–Kier alpha value is -1.79. The molecule has 0 spiro atoms. The lowest BCUT2D eigenvalue weighted by Crippen LogP contribution is -2.15. The molecule has 0 aromatic heterocycles. The predicted molar refractivity (Wildman–Crippen MR) is 74.1 cm³/mol. The van der Waals surface area contributed by atoms with Crippen LogP contribution in [0.2, 0.25) is 0 Å². The molecule has 112 valence electrons. The van der Waals surface area contributed by atoms with E-state index in [0.717, 1.165) is 5.56 Å². The Morgan fingerprint density at radius 2 is 1.65 bits per heavy atom. The molecule has 0 bridgehead atoms. The van der Waals surface area contributed by atoms with Gasteiger partial charge < -0.3 is 24.7 Å². The average Bonchev–Trinajstić information content (AvgIpc) is 2.41. The molecular weight excluding hydrogens is 262 g/mol. The molecule has 6 heteroatoms. The van der Waals surface area contributed by atoms with Gasteiger partial charge in [0.05, 0.1) is 5.56 Å². The van der Waals surface area contributed by atoms with Crippen molar-refractivity contribution < 1.29 is 23.7 Å². The molecule has 1 amide bonds. The third-order valence-corrected chi connectivity index (χ3v) is 2.66. The molecule has 0 fully saturated rings. The Morgan fingerprint density at radius 1 is 1.10 bits per heavy atom. The van der Waals surface area contributed by atoms with E-state index in [1.54, 1.807) is 12.1 Å². The maximum Gasteiger partial charge on any atom is 0.252 e. The van der Waals surface area contributed by atoms with Gasteiger partial charge in [-0.05, 0) is 17.5 Å². The summed E-state index contributed by atoms with van der Waals surface area (Å²) >= 11 is 0. The molecule has 1 aromatic carbocycles. The lowest BCUT2D eigenvalue weighted by molar-refractivity contribution is 0.0450. The van der Waals surface area contributed by atoms with Gasteiger partial charge in [0, 0.05) is 20.3 Å². The number of primary amides is 1. The average molecular weight is 283 g/mol. The minimum atomic E-state index is -0.559. The van der Waals surface area contributed by atoms with Crippen LogP contribution >= 0.6 is 0 Å². The molecule has 0 radical (unpaired) electrons. The van der Waals surface area contributed by atoms with E-state index in [1.807, 2.05) is 13.8 Å². The molecule has 0 unspecified atom stereocenters. The summed E-state index contributed by atoms with van der Waals surface area (Å²) in [6.07, 6.45) is 0. The van der Waals surface area contributed by atoms with Crippen molar-refractivity contribution in [1.29, 1.82) is 0 Å². The fraction of sp³-hybridized carbons (Fsp3) is 0.500. The van der Waals surface area contributed by atoms with Crippen molar-refractivity contribution in [1.82, 2.24) is 0 Å². The van der Waals surface area contributed by atoms with Crippen LogP contribution in [0, 0.1) is 0 Å². The molecule has 0 aliphatic rings. The van der Waals surface area contributed by atoms with Crippen molar-refractivity contribution in [2.75, 3.05) is 27.8 Å². The van der Waals surface area contributed by atoms with E-state index in [4.69, 9.17) is 24.7 Å². The number of amides is 1. The summed E-state index contributed by atoms with van der Waals surface area (Å²) in [6, 6.07) is 3.32. The number of carbonyl (C=O) groups is 1. The van der Waals surface area contributed by atoms with Gasteiger partial charge in [-0.1, -0.05) is 13.8 Å². The van der Waals surface area contributed by atoms with Crippen LogP contribution in [0.1, 0.15) is 35.7 Å². The largest absolute Gasteiger partial charge is 0.467 e. The van der Waals surface area contributed by atoms with Gasteiger partial charge in [0.1, 0.15) is 11.5 Å². The van der Waals surface area contributed by atoms with E-state index in [-0.39, 0.29) is 19.5 Å². The number of ether oxygens (including phenoxy) is 4. The van der Waals surface area contributed by atoms with Crippen molar-refractivity contribution in [3.05, 3.63) is 23.3 Å². The predicted octanol–water partition coefficient (Wildman–Crippen LogP) is 1.87. The molecule has 0 atom stereocenters. The molecule has 0 aliphatic carbocycles. The summed E-state index contributed by atoms with van der Waals surface area (Å²) in [5.41, 5.74) is 6.54. The van der Waals surface area contributed by atoms with E-state index in [0.29, 0.717) is 17.1 Å². The summed E-state index contributed by atoms with van der Waals surface area (Å²) in [5, 5.41) is 0. The number of benzene rings is 1. The van der Waals surface area contributed by atoms with Gasteiger partial charge >= 0.3 is 0 Å². The fourth-order valence-electron chi connectivity index (χ4n) is 1.71. The SMILES string of the molecule is COCOc1cc(OCOC)c(C(C)C)cc1C(N)=O. The topological polar surface area (TPSA) is 80.0 Å². The van der Waals surface area contributed by atoms with E-state index in [9.17, 15) is 4.79 Å². The summed E-state index contributed by atoms with van der Waals surface area (Å²) in [5.74, 6) is 0.528. The number of hydrogen-bond donors (Lipinski definition) is 1. The molecule has 2 N–H and O–H groups in total. The highest BCUT2D eigenvalue weighted by Gasteiger charge is 2.17. The van der Waals surface area contributed by atoms with E-state index in [1.165, 1.54) is 14.2 Å². The first-order valence-electron chi connectivity index (χ1n) is 6.22. The third-order valence-electron chi connectivity index (χ3n) is 2.66. The number of methoxy groups -OCH3 is 2. The third kappa shape index (κ3) is 4.11. The monoisotopic (exact) mass is 283 g/mol. The first-order valence-corrected chi connectivity index (χ1v) is 6.22. The second-order valence-corrected chi connectivity index (χ2v) is 4.51. The molecule has 1 rings (SSSR count). The summed E-state index contributed by atoms with van der Waals surface area (Å²) in [7, 11) is 3.03. The zero-order valence-electron chi connectivity index (χ0n) is 12.3. The van der Waals surface area contributed by atoms with Crippen molar-refractivity contribution >= 4 is 5.91 Å². The zero-order valence-corrected chi connectivity index (χ0v) is 12.3. The quantitative estimate of drug-likeness (QED) is 0.737. The van der Waals surface area contributed by atoms with E-state index in [2.05, 4.69) is 0 Å². The zero-order chi connectivity index (χ0) is 15.1.